The van der Waals surface area contributed by atoms with Crippen LogP contribution in [0.4, 0.5) is 0 Å². The van der Waals surface area contributed by atoms with E-state index >= 15 is 0 Å². The molecule has 6 nitrogen and oxygen atoms in total. The summed E-state index contributed by atoms with van der Waals surface area (Å²) in [4.78, 5) is 8.30. The number of nitrogens with zero attached hydrogens (tertiary/aromatic N) is 5. The van der Waals surface area contributed by atoms with E-state index in [-0.39, 0.29) is 0 Å². The lowest BCUT2D eigenvalue weighted by molar-refractivity contribution is 0.364. The summed E-state index contributed by atoms with van der Waals surface area (Å²) in [5.74, 6) is 1.02. The van der Waals surface area contributed by atoms with Crippen LogP contribution in [0.25, 0.3) is 11.4 Å². The molecule has 3 rings (SSSR count). The van der Waals surface area contributed by atoms with Crippen LogP contribution in [0, 0.1) is 13.8 Å². The summed E-state index contributed by atoms with van der Waals surface area (Å²) >= 11 is 6.11. The number of halogens is 1. The predicted octanol–water partition coefficient (Wildman–Crippen LogP) is 2.65. The molecule has 0 aromatic carbocycles. The molecule has 7 heteroatoms. The summed E-state index contributed by atoms with van der Waals surface area (Å²) in [7, 11) is 0. The Kier molecular flexibility index (Phi) is 3.23. The van der Waals surface area contributed by atoms with Gasteiger partial charge in [0.2, 0.25) is 11.7 Å². The van der Waals surface area contributed by atoms with Crippen LogP contribution in [-0.4, -0.2) is 24.9 Å². The lowest BCUT2D eigenvalue weighted by Crippen LogP contribution is -2.04. The van der Waals surface area contributed by atoms with E-state index in [0.717, 1.165) is 17.0 Å². The number of pyridine rings is 1. The second-order valence-electron chi connectivity index (χ2n) is 4.39. The molecule has 3 heterocycles. The first-order valence-electron chi connectivity index (χ1n) is 6.07. The zero-order valence-corrected chi connectivity index (χ0v) is 11.8. The van der Waals surface area contributed by atoms with E-state index in [1.165, 1.54) is 0 Å². The van der Waals surface area contributed by atoms with E-state index in [1.807, 2.05) is 26.0 Å². The first kappa shape index (κ1) is 12.8. The first-order chi connectivity index (χ1) is 9.65. The smallest absolute Gasteiger partial charge is 0.248 e. The maximum absolute atomic E-state index is 6.11. The molecular weight excluding hydrogens is 278 g/mol. The van der Waals surface area contributed by atoms with Crippen LogP contribution in [-0.2, 0) is 6.54 Å². The van der Waals surface area contributed by atoms with Gasteiger partial charge in [-0.15, -0.1) is 0 Å². The van der Waals surface area contributed by atoms with Gasteiger partial charge < -0.3 is 4.52 Å². The van der Waals surface area contributed by atoms with Crippen LogP contribution in [0.5, 0.6) is 0 Å². The molecule has 0 saturated carbocycles. The number of aromatic nitrogens is 5. The molecule has 102 valence electrons. The van der Waals surface area contributed by atoms with Gasteiger partial charge in [-0.1, -0.05) is 16.8 Å². The molecule has 0 amide bonds. The van der Waals surface area contributed by atoms with Crippen molar-refractivity contribution < 1.29 is 4.52 Å². The molecule has 0 aliphatic rings. The molecule has 20 heavy (non-hydrogen) atoms. The van der Waals surface area contributed by atoms with E-state index in [2.05, 4.69) is 20.2 Å². The Balaban J connectivity index is 1.86. The average molecular weight is 290 g/mol. The molecule has 0 unspecified atom stereocenters. The average Bonchev–Trinajstić information content (AvgIpc) is 3.02. The largest absolute Gasteiger partial charge is 0.337 e. The van der Waals surface area contributed by atoms with E-state index in [9.17, 15) is 0 Å². The summed E-state index contributed by atoms with van der Waals surface area (Å²) < 4.78 is 6.99. The summed E-state index contributed by atoms with van der Waals surface area (Å²) in [6.07, 6.45) is 3.37. The maximum Gasteiger partial charge on any atom is 0.248 e. The van der Waals surface area contributed by atoms with Crippen molar-refractivity contribution in [1.29, 1.82) is 0 Å². The van der Waals surface area contributed by atoms with Crippen molar-refractivity contribution in [3.63, 3.8) is 0 Å². The second-order valence-corrected chi connectivity index (χ2v) is 4.77. The highest BCUT2D eigenvalue weighted by atomic mass is 35.5. The van der Waals surface area contributed by atoms with Gasteiger partial charge in [-0.05, 0) is 26.0 Å². The molecule has 0 radical (unpaired) electrons. The number of aryl methyl sites for hydroxylation is 1. The minimum Gasteiger partial charge on any atom is -0.337 e. The molecule has 0 bridgehead atoms. The lowest BCUT2D eigenvalue weighted by Gasteiger charge is -1.98. The Labute approximate surface area is 120 Å². The fourth-order valence-corrected chi connectivity index (χ4v) is 2.03. The Bertz CT molecular complexity index is 735. The lowest BCUT2D eigenvalue weighted by atomic mass is 10.2. The molecule has 0 fully saturated rings. The van der Waals surface area contributed by atoms with Gasteiger partial charge in [0.05, 0.1) is 16.4 Å². The van der Waals surface area contributed by atoms with Crippen molar-refractivity contribution in [2.24, 2.45) is 0 Å². The van der Waals surface area contributed by atoms with Crippen molar-refractivity contribution in [2.75, 3.05) is 0 Å². The van der Waals surface area contributed by atoms with Crippen LogP contribution < -0.4 is 0 Å². The Hall–Kier alpha value is -2.21. The molecule has 3 aromatic rings. The fraction of sp³-hybridized carbons (Fsp3) is 0.231. The van der Waals surface area contributed by atoms with Gasteiger partial charge in [-0.3, -0.25) is 9.67 Å². The fourth-order valence-electron chi connectivity index (χ4n) is 1.89. The third-order valence-corrected chi connectivity index (χ3v) is 3.53. The van der Waals surface area contributed by atoms with Crippen LogP contribution in [0.15, 0.2) is 29.0 Å². The van der Waals surface area contributed by atoms with Gasteiger partial charge >= 0.3 is 0 Å². The number of rotatable bonds is 3. The van der Waals surface area contributed by atoms with Gasteiger partial charge in [0.15, 0.2) is 0 Å². The minimum atomic E-state index is 0.400. The number of hydrogen-bond acceptors (Lipinski definition) is 5. The first-order valence-corrected chi connectivity index (χ1v) is 6.45. The van der Waals surface area contributed by atoms with Gasteiger partial charge in [-0.25, -0.2) is 0 Å². The molecule has 0 aliphatic heterocycles. The van der Waals surface area contributed by atoms with Crippen molar-refractivity contribution in [3.8, 4) is 11.4 Å². The zero-order chi connectivity index (χ0) is 14.1. The highest BCUT2D eigenvalue weighted by Crippen LogP contribution is 2.20. The van der Waals surface area contributed by atoms with Crippen LogP contribution >= 0.6 is 11.6 Å². The predicted molar refractivity (Wildman–Crippen MR) is 73.3 cm³/mol. The van der Waals surface area contributed by atoms with Crippen molar-refractivity contribution in [2.45, 2.75) is 20.4 Å². The van der Waals surface area contributed by atoms with Crippen molar-refractivity contribution in [3.05, 3.63) is 46.8 Å². The normalized spacial score (nSPS) is 10.9. The van der Waals surface area contributed by atoms with E-state index in [0.29, 0.717) is 23.3 Å². The van der Waals surface area contributed by atoms with Gasteiger partial charge in [0.1, 0.15) is 6.54 Å². The molecule has 0 saturated heterocycles. The highest BCUT2D eigenvalue weighted by molar-refractivity contribution is 6.31. The van der Waals surface area contributed by atoms with Gasteiger partial charge in [0, 0.05) is 18.0 Å². The summed E-state index contributed by atoms with van der Waals surface area (Å²) in [5.41, 5.74) is 2.53. The zero-order valence-electron chi connectivity index (χ0n) is 11.0. The standard InChI is InChI=1S/C13H12ClN5O/c1-8-12(14)9(2)19(17-8)7-11-16-13(18-20-11)10-3-5-15-6-4-10/h3-6H,7H2,1-2H3. The van der Waals surface area contributed by atoms with Gasteiger partial charge in [0.25, 0.3) is 0 Å². The third kappa shape index (κ3) is 2.30. The Morgan fingerprint density at radius 1 is 1.25 bits per heavy atom. The molecular formula is C13H12ClN5O. The summed E-state index contributed by atoms with van der Waals surface area (Å²) in [5, 5.41) is 8.95. The Morgan fingerprint density at radius 2 is 2.00 bits per heavy atom. The van der Waals surface area contributed by atoms with Crippen LogP contribution in [0.3, 0.4) is 0 Å². The van der Waals surface area contributed by atoms with Crippen molar-refractivity contribution in [1.82, 2.24) is 24.9 Å². The summed E-state index contributed by atoms with van der Waals surface area (Å²) in [6, 6.07) is 3.66. The van der Waals surface area contributed by atoms with E-state index in [1.54, 1.807) is 17.1 Å². The summed E-state index contributed by atoms with van der Waals surface area (Å²) in [6.45, 7) is 4.17. The van der Waals surface area contributed by atoms with E-state index in [4.69, 9.17) is 16.1 Å². The number of hydrogen-bond donors (Lipinski definition) is 0. The third-order valence-electron chi connectivity index (χ3n) is 2.98. The van der Waals surface area contributed by atoms with E-state index < -0.39 is 0 Å². The second kappa shape index (κ2) is 5.05. The monoisotopic (exact) mass is 289 g/mol. The SMILES string of the molecule is Cc1nn(Cc2nc(-c3ccncc3)no2)c(C)c1Cl. The molecule has 0 aliphatic carbocycles. The van der Waals surface area contributed by atoms with Gasteiger partial charge in [-0.2, -0.15) is 10.1 Å². The molecule has 3 aromatic heterocycles. The molecule has 0 atom stereocenters. The minimum absolute atomic E-state index is 0.400. The highest BCUT2D eigenvalue weighted by Gasteiger charge is 2.13. The topological polar surface area (TPSA) is 69.6 Å². The maximum atomic E-state index is 6.11. The van der Waals surface area contributed by atoms with Crippen LogP contribution in [0.2, 0.25) is 5.02 Å². The van der Waals surface area contributed by atoms with Crippen molar-refractivity contribution >= 4 is 11.6 Å². The quantitative estimate of drug-likeness (QED) is 0.741. The Morgan fingerprint density at radius 3 is 2.65 bits per heavy atom. The molecule has 0 N–H and O–H groups in total. The molecule has 0 spiro atoms. The van der Waals surface area contributed by atoms with Crippen LogP contribution in [0.1, 0.15) is 17.3 Å².